The van der Waals surface area contributed by atoms with Gasteiger partial charge in [-0.1, -0.05) is 30.3 Å². The molecule has 0 amide bonds. The molecule has 2 aromatic carbocycles. The number of nitrogens with zero attached hydrogens (tertiary/aromatic N) is 2. The van der Waals surface area contributed by atoms with E-state index in [0.29, 0.717) is 41.8 Å². The molecule has 0 radical (unpaired) electrons. The molecule has 2 N–H and O–H groups in total. The zero-order valence-corrected chi connectivity index (χ0v) is 18.5. The average Bonchev–Trinajstić information content (AvgIpc) is 2.75. The van der Waals surface area contributed by atoms with Gasteiger partial charge in [-0.05, 0) is 31.2 Å². The Kier molecular flexibility index (Phi) is 7.66. The van der Waals surface area contributed by atoms with Crippen molar-refractivity contribution >= 4 is 38.9 Å². The van der Waals surface area contributed by atoms with Crippen LogP contribution in [0.15, 0.2) is 53.3 Å². The fraction of sp³-hybridized carbons (Fsp3) is 0.333. The van der Waals surface area contributed by atoms with Crippen molar-refractivity contribution in [3.63, 3.8) is 0 Å². The van der Waals surface area contributed by atoms with Crippen molar-refractivity contribution in [2.24, 2.45) is 0 Å². The van der Waals surface area contributed by atoms with E-state index in [1.165, 1.54) is 0 Å². The molecular formula is C21H25ClN4O4S. The topological polar surface area (TPSA) is 104 Å². The Hall–Kier alpha value is -2.46. The summed E-state index contributed by atoms with van der Waals surface area (Å²) in [5, 5.41) is 7.95. The summed E-state index contributed by atoms with van der Waals surface area (Å²) < 4.78 is 33.0. The van der Waals surface area contributed by atoms with Gasteiger partial charge in [-0.15, -0.1) is 12.4 Å². The summed E-state index contributed by atoms with van der Waals surface area (Å²) in [4.78, 5) is 14.2. The van der Waals surface area contributed by atoms with Crippen LogP contribution in [0.1, 0.15) is 6.42 Å². The molecule has 31 heavy (non-hydrogen) atoms. The maximum absolute atomic E-state index is 12.5. The van der Waals surface area contributed by atoms with Crippen molar-refractivity contribution in [2.75, 3.05) is 43.3 Å². The lowest BCUT2D eigenvalue weighted by molar-refractivity contribution is 0.0381. The van der Waals surface area contributed by atoms with E-state index < -0.39 is 10.0 Å². The van der Waals surface area contributed by atoms with Crippen LogP contribution in [-0.2, 0) is 14.8 Å². The van der Waals surface area contributed by atoms with Crippen LogP contribution in [0.5, 0.6) is 0 Å². The van der Waals surface area contributed by atoms with E-state index in [1.54, 1.807) is 30.3 Å². The van der Waals surface area contributed by atoms with E-state index in [-0.39, 0.29) is 23.7 Å². The molecule has 3 aromatic rings. The zero-order chi connectivity index (χ0) is 21.0. The largest absolute Gasteiger partial charge is 0.379 e. The Morgan fingerprint density at radius 1 is 1.06 bits per heavy atom. The fourth-order valence-electron chi connectivity index (χ4n) is 3.60. The first kappa shape index (κ1) is 23.2. The third-order valence-corrected chi connectivity index (χ3v) is 6.47. The minimum Gasteiger partial charge on any atom is -0.379 e. The first-order valence-electron chi connectivity index (χ1n) is 9.90. The number of hydrogen-bond donors (Lipinski definition) is 2. The van der Waals surface area contributed by atoms with Crippen molar-refractivity contribution in [3.8, 4) is 11.3 Å². The van der Waals surface area contributed by atoms with E-state index >= 15 is 0 Å². The molecule has 0 atom stereocenters. The Balaban J connectivity index is 0.00000272. The van der Waals surface area contributed by atoms with Crippen LogP contribution in [0.4, 0.5) is 5.69 Å². The zero-order valence-electron chi connectivity index (χ0n) is 16.9. The molecule has 1 aromatic heterocycles. The van der Waals surface area contributed by atoms with Crippen molar-refractivity contribution in [3.05, 3.63) is 58.9 Å². The maximum atomic E-state index is 12.5. The minimum atomic E-state index is -3.47. The highest BCUT2D eigenvalue weighted by Gasteiger charge is 2.15. The lowest BCUT2D eigenvalue weighted by atomic mass is 10.0. The molecule has 166 valence electrons. The van der Waals surface area contributed by atoms with Crippen LogP contribution in [0.3, 0.4) is 0 Å². The second-order valence-electron chi connectivity index (χ2n) is 7.26. The summed E-state index contributed by atoms with van der Waals surface area (Å²) in [6.45, 7) is 3.82. The monoisotopic (exact) mass is 464 g/mol. The first-order chi connectivity index (χ1) is 14.5. The number of aromatic nitrogens is 2. The molecule has 1 saturated heterocycles. The summed E-state index contributed by atoms with van der Waals surface area (Å²) in [6, 6.07) is 14.2. The van der Waals surface area contributed by atoms with Crippen LogP contribution in [0.2, 0.25) is 0 Å². The van der Waals surface area contributed by atoms with Crippen LogP contribution >= 0.6 is 12.4 Å². The molecule has 1 aliphatic heterocycles. The number of morpholine rings is 1. The highest BCUT2D eigenvalue weighted by atomic mass is 35.5. The molecule has 10 heteroatoms. The Bertz CT molecular complexity index is 1190. The molecular weight excluding hydrogens is 440 g/mol. The lowest BCUT2D eigenvalue weighted by Crippen LogP contribution is -2.37. The van der Waals surface area contributed by atoms with E-state index in [0.717, 1.165) is 25.2 Å². The van der Waals surface area contributed by atoms with Gasteiger partial charge >= 0.3 is 0 Å². The highest BCUT2D eigenvalue weighted by Crippen LogP contribution is 2.26. The summed E-state index contributed by atoms with van der Waals surface area (Å²) in [5.74, 6) is 0.0500. The third kappa shape index (κ3) is 5.82. The Morgan fingerprint density at radius 2 is 1.81 bits per heavy atom. The van der Waals surface area contributed by atoms with Gasteiger partial charge in [-0.3, -0.25) is 14.4 Å². The standard InChI is InChI=1S/C21H24N4O4S.ClH/c26-21-19-8-2-1-7-18(19)20(22-23-21)16-5-3-6-17(15-16)24-30(27,28)14-4-9-25-10-12-29-13-11-25;/h1-3,5-8,15,24H,4,9-14H2,(H,23,26);1H. The normalized spacial score (nSPS) is 14.8. The van der Waals surface area contributed by atoms with Crippen molar-refractivity contribution in [1.29, 1.82) is 0 Å². The van der Waals surface area contributed by atoms with Gasteiger partial charge in [0.2, 0.25) is 10.0 Å². The molecule has 0 saturated carbocycles. The predicted octanol–water partition coefficient (Wildman–Crippen LogP) is 2.48. The molecule has 0 spiro atoms. The Labute approximate surface area is 187 Å². The molecule has 0 aliphatic carbocycles. The van der Waals surface area contributed by atoms with Gasteiger partial charge in [0.25, 0.3) is 5.56 Å². The quantitative estimate of drug-likeness (QED) is 0.556. The van der Waals surface area contributed by atoms with Crippen molar-refractivity contribution in [1.82, 2.24) is 15.1 Å². The van der Waals surface area contributed by atoms with E-state index in [1.807, 2.05) is 18.2 Å². The first-order valence-corrected chi connectivity index (χ1v) is 11.6. The number of ether oxygens (including phenoxy) is 1. The van der Waals surface area contributed by atoms with Gasteiger partial charge in [0.1, 0.15) is 0 Å². The molecule has 1 fully saturated rings. The van der Waals surface area contributed by atoms with E-state index in [9.17, 15) is 13.2 Å². The number of hydrogen-bond acceptors (Lipinski definition) is 6. The van der Waals surface area contributed by atoms with Crippen LogP contribution in [0, 0.1) is 0 Å². The number of H-pyrrole nitrogens is 1. The SMILES string of the molecule is Cl.O=c1[nH]nc(-c2cccc(NS(=O)(=O)CCCN3CCOCC3)c2)c2ccccc12. The van der Waals surface area contributed by atoms with Gasteiger partial charge in [-0.25, -0.2) is 13.5 Å². The van der Waals surface area contributed by atoms with Crippen LogP contribution < -0.4 is 10.3 Å². The van der Waals surface area contributed by atoms with Gasteiger partial charge in [0.15, 0.2) is 0 Å². The van der Waals surface area contributed by atoms with E-state index in [2.05, 4.69) is 19.8 Å². The van der Waals surface area contributed by atoms with Crippen LogP contribution in [-0.4, -0.2) is 62.1 Å². The van der Waals surface area contributed by atoms with Crippen molar-refractivity contribution in [2.45, 2.75) is 6.42 Å². The van der Waals surface area contributed by atoms with Gasteiger partial charge in [0, 0.05) is 29.7 Å². The number of aromatic amines is 1. The molecule has 8 nitrogen and oxygen atoms in total. The van der Waals surface area contributed by atoms with Crippen LogP contribution in [0.25, 0.3) is 22.0 Å². The maximum Gasteiger partial charge on any atom is 0.272 e. The van der Waals surface area contributed by atoms with Gasteiger partial charge in [-0.2, -0.15) is 5.10 Å². The smallest absolute Gasteiger partial charge is 0.272 e. The second-order valence-corrected chi connectivity index (χ2v) is 9.10. The Morgan fingerprint density at radius 3 is 2.58 bits per heavy atom. The minimum absolute atomic E-state index is 0. The third-order valence-electron chi connectivity index (χ3n) is 5.10. The van der Waals surface area contributed by atoms with Gasteiger partial charge in [0.05, 0.1) is 30.0 Å². The highest BCUT2D eigenvalue weighted by molar-refractivity contribution is 7.92. The number of benzene rings is 2. The van der Waals surface area contributed by atoms with E-state index in [4.69, 9.17) is 4.74 Å². The number of halogens is 1. The predicted molar refractivity (Wildman–Crippen MR) is 124 cm³/mol. The second kappa shape index (κ2) is 10.2. The number of fused-ring (bicyclic) bond motifs is 1. The van der Waals surface area contributed by atoms with Crippen molar-refractivity contribution < 1.29 is 13.2 Å². The molecule has 2 heterocycles. The molecule has 1 aliphatic rings. The molecule has 0 unspecified atom stereocenters. The average molecular weight is 465 g/mol. The van der Waals surface area contributed by atoms with Gasteiger partial charge < -0.3 is 4.74 Å². The summed E-state index contributed by atoms with van der Waals surface area (Å²) in [6.07, 6.45) is 0.557. The number of sulfonamides is 1. The summed E-state index contributed by atoms with van der Waals surface area (Å²) in [7, 11) is -3.47. The summed E-state index contributed by atoms with van der Waals surface area (Å²) in [5.41, 5.74) is 1.52. The lowest BCUT2D eigenvalue weighted by Gasteiger charge is -2.26. The number of rotatable bonds is 7. The summed E-state index contributed by atoms with van der Waals surface area (Å²) >= 11 is 0. The molecule has 4 rings (SSSR count). The molecule has 0 bridgehead atoms. The number of anilines is 1. The fourth-order valence-corrected chi connectivity index (χ4v) is 4.70. The number of nitrogens with one attached hydrogen (secondary N) is 2.